The molecule has 0 amide bonds. The van der Waals surface area contributed by atoms with E-state index >= 15 is 0 Å². The Morgan fingerprint density at radius 3 is 2.48 bits per heavy atom. The molecule has 1 aliphatic heterocycles. The van der Waals surface area contributed by atoms with Crippen molar-refractivity contribution in [3.05, 3.63) is 64.9 Å². The smallest absolute Gasteiger partial charge is 0.164 e. The van der Waals surface area contributed by atoms with Crippen LogP contribution in [0.5, 0.6) is 0 Å². The van der Waals surface area contributed by atoms with Gasteiger partial charge in [0.2, 0.25) is 0 Å². The summed E-state index contributed by atoms with van der Waals surface area (Å²) in [7, 11) is 0. The Morgan fingerprint density at radius 2 is 1.66 bits per heavy atom. The molecule has 0 N–H and O–H groups in total. The van der Waals surface area contributed by atoms with E-state index in [1.54, 1.807) is 0 Å². The van der Waals surface area contributed by atoms with Crippen molar-refractivity contribution in [2.45, 2.75) is 25.8 Å². The van der Waals surface area contributed by atoms with Crippen molar-refractivity contribution in [1.82, 2.24) is 9.47 Å². The third-order valence-corrected chi connectivity index (χ3v) is 6.74. The minimum atomic E-state index is 0.314. The topological polar surface area (TPSA) is 28.5 Å². The quantitative estimate of drug-likeness (QED) is 0.631. The average Bonchev–Trinajstić information content (AvgIpc) is 3.18. The summed E-state index contributed by atoms with van der Waals surface area (Å²) < 4.78 is 2.30. The first-order valence-corrected chi connectivity index (χ1v) is 10.9. The van der Waals surface area contributed by atoms with E-state index in [9.17, 15) is 4.79 Å². The van der Waals surface area contributed by atoms with Gasteiger partial charge in [-0.25, -0.2) is 0 Å². The fourth-order valence-corrected chi connectivity index (χ4v) is 5.01. The van der Waals surface area contributed by atoms with Gasteiger partial charge in [0.05, 0.1) is 0 Å². The number of Topliss-reactive ketones (excluding diaryl/α,β-unsaturated/α-hetero) is 1. The highest BCUT2D eigenvalue weighted by molar-refractivity contribution is 6.36. The van der Waals surface area contributed by atoms with Crippen LogP contribution in [0.4, 0.5) is 5.69 Å². The largest absolute Gasteiger partial charge is 0.368 e. The number of piperazine rings is 1. The molecule has 2 aromatic carbocycles. The first-order chi connectivity index (χ1) is 14.2. The number of fused-ring (bicyclic) bond motifs is 2. The molecule has 5 rings (SSSR count). The lowest BCUT2D eigenvalue weighted by Crippen LogP contribution is -2.47. The highest BCUT2D eigenvalue weighted by Crippen LogP contribution is 2.32. The predicted octanol–water partition coefficient (Wildman–Crippen LogP) is 4.64. The summed E-state index contributed by atoms with van der Waals surface area (Å²) >= 11 is 6.39. The van der Waals surface area contributed by atoms with E-state index in [2.05, 4.69) is 44.8 Å². The van der Waals surface area contributed by atoms with Crippen molar-refractivity contribution < 1.29 is 4.79 Å². The summed E-state index contributed by atoms with van der Waals surface area (Å²) in [5.74, 6) is 0.314. The summed E-state index contributed by atoms with van der Waals surface area (Å²) in [4.78, 5) is 17.1. The molecule has 0 radical (unpaired) electrons. The number of hydrogen-bond acceptors (Lipinski definition) is 3. The average molecular weight is 408 g/mol. The molecule has 1 aliphatic carbocycles. The van der Waals surface area contributed by atoms with Gasteiger partial charge < -0.3 is 9.47 Å². The molecule has 5 heteroatoms. The zero-order valence-electron chi connectivity index (χ0n) is 16.6. The maximum atomic E-state index is 12.1. The lowest BCUT2D eigenvalue weighted by atomic mass is 9.97. The van der Waals surface area contributed by atoms with Gasteiger partial charge in [-0.15, -0.1) is 0 Å². The van der Waals surface area contributed by atoms with Crippen molar-refractivity contribution in [2.75, 3.05) is 37.6 Å². The Bertz CT molecular complexity index is 1050. The second-order valence-corrected chi connectivity index (χ2v) is 8.49. The molecule has 0 atom stereocenters. The molecule has 4 nitrogen and oxygen atoms in total. The molecule has 1 aromatic heterocycles. The molecule has 0 spiro atoms. The van der Waals surface area contributed by atoms with E-state index < -0.39 is 0 Å². The van der Waals surface area contributed by atoms with E-state index in [0.29, 0.717) is 12.2 Å². The number of ketones is 1. The van der Waals surface area contributed by atoms with Crippen LogP contribution in [0.1, 0.15) is 28.9 Å². The molecule has 3 aromatic rings. The molecule has 2 heterocycles. The van der Waals surface area contributed by atoms with E-state index in [1.807, 2.05) is 18.2 Å². The Balaban J connectivity index is 1.23. The van der Waals surface area contributed by atoms with Gasteiger partial charge in [0, 0.05) is 84.6 Å². The van der Waals surface area contributed by atoms with E-state index in [4.69, 9.17) is 11.6 Å². The number of aromatic nitrogens is 1. The van der Waals surface area contributed by atoms with Crippen molar-refractivity contribution >= 4 is 33.8 Å². The van der Waals surface area contributed by atoms with Crippen molar-refractivity contribution in [3.63, 3.8) is 0 Å². The normalized spacial score (nSPS) is 17.7. The first-order valence-electron chi connectivity index (χ1n) is 10.6. The summed E-state index contributed by atoms with van der Waals surface area (Å²) in [5, 5.41) is 3.18. The standard InChI is InChI=1S/C24H26ClN3O/c25-21-8-9-23(19-5-2-1-4-18(19)21)28-16-13-26(14-17-28)12-15-27-11-10-20-22(27)6-3-7-24(20)29/h1-2,4-5,8-11H,3,6-7,12-17H2. The zero-order chi connectivity index (χ0) is 19.8. The van der Waals surface area contributed by atoms with Crippen LogP contribution in [-0.4, -0.2) is 48.0 Å². The third kappa shape index (κ3) is 3.56. The van der Waals surface area contributed by atoms with Crippen LogP contribution < -0.4 is 4.90 Å². The molecular formula is C24H26ClN3O. The lowest BCUT2D eigenvalue weighted by molar-refractivity contribution is 0.0971. The van der Waals surface area contributed by atoms with Gasteiger partial charge in [-0.3, -0.25) is 9.69 Å². The number of hydrogen-bond donors (Lipinski definition) is 0. The van der Waals surface area contributed by atoms with E-state index in [-0.39, 0.29) is 0 Å². The van der Waals surface area contributed by atoms with Gasteiger partial charge in [-0.05, 0) is 31.0 Å². The highest BCUT2D eigenvalue weighted by Gasteiger charge is 2.22. The van der Waals surface area contributed by atoms with Crippen LogP contribution >= 0.6 is 11.6 Å². The van der Waals surface area contributed by atoms with Gasteiger partial charge in [-0.1, -0.05) is 35.9 Å². The molecule has 0 bridgehead atoms. The van der Waals surface area contributed by atoms with Crippen molar-refractivity contribution in [1.29, 1.82) is 0 Å². The van der Waals surface area contributed by atoms with Crippen molar-refractivity contribution in [2.24, 2.45) is 0 Å². The molecule has 0 saturated carbocycles. The number of nitrogens with zero attached hydrogens (tertiary/aromatic N) is 3. The van der Waals surface area contributed by atoms with Crippen LogP contribution in [-0.2, 0) is 13.0 Å². The Morgan fingerprint density at radius 1 is 0.862 bits per heavy atom. The van der Waals surface area contributed by atoms with Crippen LogP contribution in [0.3, 0.4) is 0 Å². The van der Waals surface area contributed by atoms with Gasteiger partial charge in [0.1, 0.15) is 0 Å². The highest BCUT2D eigenvalue weighted by atomic mass is 35.5. The number of carbonyl (C=O) groups is 1. The van der Waals surface area contributed by atoms with Crippen molar-refractivity contribution in [3.8, 4) is 0 Å². The Kier molecular flexibility index (Phi) is 5.06. The van der Waals surface area contributed by atoms with Gasteiger partial charge in [0.25, 0.3) is 0 Å². The number of carbonyl (C=O) groups excluding carboxylic acids is 1. The van der Waals surface area contributed by atoms with E-state index in [0.717, 1.165) is 68.1 Å². The minimum Gasteiger partial charge on any atom is -0.368 e. The van der Waals surface area contributed by atoms with E-state index in [1.165, 1.54) is 16.8 Å². The number of benzene rings is 2. The second kappa shape index (κ2) is 7.85. The molecule has 2 aliphatic rings. The summed E-state index contributed by atoms with van der Waals surface area (Å²) in [5.41, 5.74) is 3.48. The second-order valence-electron chi connectivity index (χ2n) is 8.09. The molecule has 150 valence electrons. The van der Waals surface area contributed by atoms with Crippen LogP contribution in [0, 0.1) is 0 Å². The molecule has 0 unspecified atom stereocenters. The lowest BCUT2D eigenvalue weighted by Gasteiger charge is -2.37. The Hall–Kier alpha value is -2.30. The summed E-state index contributed by atoms with van der Waals surface area (Å²) in [6, 6.07) is 14.6. The van der Waals surface area contributed by atoms with Gasteiger partial charge >= 0.3 is 0 Å². The van der Waals surface area contributed by atoms with Crippen LogP contribution in [0.25, 0.3) is 10.8 Å². The molecule has 1 fully saturated rings. The van der Waals surface area contributed by atoms with Gasteiger partial charge in [-0.2, -0.15) is 0 Å². The maximum absolute atomic E-state index is 12.1. The maximum Gasteiger partial charge on any atom is 0.164 e. The fraction of sp³-hybridized carbons (Fsp3) is 0.375. The van der Waals surface area contributed by atoms with Crippen LogP contribution in [0.15, 0.2) is 48.7 Å². The minimum absolute atomic E-state index is 0.314. The Labute approximate surface area is 176 Å². The molecule has 1 saturated heterocycles. The summed E-state index contributed by atoms with van der Waals surface area (Å²) in [6.07, 6.45) is 4.83. The SMILES string of the molecule is O=C1CCCc2c1ccn2CCN1CCN(c2ccc(Cl)c3ccccc23)CC1. The fourth-order valence-electron chi connectivity index (χ4n) is 4.78. The third-order valence-electron chi connectivity index (χ3n) is 6.41. The monoisotopic (exact) mass is 407 g/mol. The molecular weight excluding hydrogens is 382 g/mol. The van der Waals surface area contributed by atoms with Gasteiger partial charge in [0.15, 0.2) is 5.78 Å². The molecule has 29 heavy (non-hydrogen) atoms. The zero-order valence-corrected chi connectivity index (χ0v) is 17.4. The summed E-state index contributed by atoms with van der Waals surface area (Å²) in [6.45, 7) is 6.15. The number of rotatable bonds is 4. The number of anilines is 1. The first kappa shape index (κ1) is 18.7. The predicted molar refractivity (Wildman–Crippen MR) is 119 cm³/mol. The number of halogens is 1. The van der Waals surface area contributed by atoms with Crippen LogP contribution in [0.2, 0.25) is 5.02 Å².